The first kappa shape index (κ1) is 36.2. The van der Waals surface area contributed by atoms with Gasteiger partial charge in [0.1, 0.15) is 12.6 Å². The van der Waals surface area contributed by atoms with Gasteiger partial charge in [0.25, 0.3) is 0 Å². The normalized spacial score (nSPS) is 19.7. The predicted molar refractivity (Wildman–Crippen MR) is 187 cm³/mol. The van der Waals surface area contributed by atoms with Crippen LogP contribution < -0.4 is 33.2 Å². The molecule has 3 aromatic carbocycles. The highest BCUT2D eigenvalue weighted by molar-refractivity contribution is 5.88. The van der Waals surface area contributed by atoms with Crippen molar-refractivity contribution in [3.8, 4) is 46.3 Å². The number of benzene rings is 3. The number of rotatable bonds is 12. The molecule has 0 N–H and O–H groups in total. The van der Waals surface area contributed by atoms with Gasteiger partial charge in [-0.2, -0.15) is 5.26 Å². The van der Waals surface area contributed by atoms with Crippen molar-refractivity contribution in [3.05, 3.63) is 70.3 Å². The van der Waals surface area contributed by atoms with Crippen LogP contribution in [-0.4, -0.2) is 98.3 Å². The van der Waals surface area contributed by atoms with Gasteiger partial charge in [-0.1, -0.05) is 0 Å². The van der Waals surface area contributed by atoms with Crippen molar-refractivity contribution in [1.82, 2.24) is 9.80 Å². The monoisotopic (exact) mass is 687 g/mol. The third kappa shape index (κ3) is 6.71. The van der Waals surface area contributed by atoms with Crippen molar-refractivity contribution >= 4 is 12.0 Å². The van der Waals surface area contributed by atoms with E-state index in [1.54, 1.807) is 46.6 Å². The first-order valence-corrected chi connectivity index (χ1v) is 16.1. The van der Waals surface area contributed by atoms with Crippen LogP contribution in [0.4, 0.5) is 0 Å². The Morgan fingerprint density at radius 1 is 0.780 bits per heavy atom. The van der Waals surface area contributed by atoms with E-state index in [4.69, 9.17) is 37.9 Å². The summed E-state index contributed by atoms with van der Waals surface area (Å²) in [5.74, 6) is 3.14. The summed E-state index contributed by atoms with van der Waals surface area (Å²) < 4.78 is 45.2. The molecule has 0 aromatic heterocycles. The Balaban J connectivity index is 1.57. The number of carbonyl (C=O) groups excluding carboxylic acids is 1. The van der Waals surface area contributed by atoms with E-state index in [1.165, 1.54) is 27.4 Å². The number of nitrogens with zero attached hydrogens (tertiary/aromatic N) is 3. The Hall–Kier alpha value is -5.12. The van der Waals surface area contributed by atoms with Crippen molar-refractivity contribution in [3.63, 3.8) is 0 Å². The standard InChI is InChI=1S/C38H45N3O9/c1-40(2)36-27-19-34(47-7)31(44-4)16-23(27)14-25(20-39)41-28(36)15-24-17-32(45-5)33(46-6)18-26(24)29(41)21-50-35(42)13-11-22-10-12-30(43-3)38(49-9)37(22)48-8/h10-13,16-19,25,28-29,36H,14-15,21H2,1-9H3/b13-11+/t25-,28?,29?,36-/m1/s1. The van der Waals surface area contributed by atoms with Gasteiger partial charge in [0.05, 0.1) is 67.9 Å². The third-order valence-electron chi connectivity index (χ3n) is 9.50. The lowest BCUT2D eigenvalue weighted by molar-refractivity contribution is -0.140. The van der Waals surface area contributed by atoms with Crippen molar-refractivity contribution < 1.29 is 42.7 Å². The average Bonchev–Trinajstić information content (AvgIpc) is 3.27. The average molecular weight is 688 g/mol. The summed E-state index contributed by atoms with van der Waals surface area (Å²) in [6.07, 6.45) is 3.99. The number of nitriles is 1. The van der Waals surface area contributed by atoms with Gasteiger partial charge in [0.2, 0.25) is 5.75 Å². The number of methoxy groups -OCH3 is 7. The molecule has 4 atom stereocenters. The van der Waals surface area contributed by atoms with Gasteiger partial charge in [-0.3, -0.25) is 4.90 Å². The molecule has 0 bridgehead atoms. The fourth-order valence-corrected chi connectivity index (χ4v) is 7.31. The van der Waals surface area contributed by atoms with Crippen molar-refractivity contribution in [2.75, 3.05) is 70.5 Å². The highest BCUT2D eigenvalue weighted by Gasteiger charge is 2.47. The van der Waals surface area contributed by atoms with Crippen LogP contribution in [0.5, 0.6) is 40.2 Å². The highest BCUT2D eigenvalue weighted by Crippen LogP contribution is 2.48. The molecule has 0 aliphatic carbocycles. The van der Waals surface area contributed by atoms with E-state index in [0.717, 1.165) is 22.3 Å². The Kier molecular flexibility index (Phi) is 11.3. The van der Waals surface area contributed by atoms with Gasteiger partial charge in [0.15, 0.2) is 34.5 Å². The van der Waals surface area contributed by atoms with Gasteiger partial charge in [0, 0.05) is 24.1 Å². The quantitative estimate of drug-likeness (QED) is 0.188. The molecule has 50 heavy (non-hydrogen) atoms. The van der Waals surface area contributed by atoms with E-state index in [0.29, 0.717) is 58.7 Å². The summed E-state index contributed by atoms with van der Waals surface area (Å²) in [4.78, 5) is 17.7. The molecular weight excluding hydrogens is 642 g/mol. The van der Waals surface area contributed by atoms with E-state index in [2.05, 4.69) is 15.9 Å². The number of fused-ring (bicyclic) bond motifs is 3. The van der Waals surface area contributed by atoms with Crippen molar-refractivity contribution in [2.24, 2.45) is 0 Å². The van der Waals surface area contributed by atoms with E-state index in [1.807, 2.05) is 38.4 Å². The van der Waals surface area contributed by atoms with E-state index in [9.17, 15) is 10.1 Å². The van der Waals surface area contributed by atoms with Crippen LogP contribution in [-0.2, 0) is 22.4 Å². The number of ether oxygens (including phenoxy) is 8. The second-order valence-corrected chi connectivity index (χ2v) is 12.2. The third-order valence-corrected chi connectivity index (χ3v) is 9.50. The SMILES string of the molecule is COc1cc2c(cc1OC)C(COC(=O)/C=C/c1ccc(OC)c(OC)c1OC)N1C(C2)[C@H](N(C)C)c2cc(OC)c(OC)cc2C[C@@H]1C#N. The molecule has 12 nitrogen and oxygen atoms in total. The molecule has 12 heteroatoms. The fraction of sp³-hybridized carbons (Fsp3) is 0.421. The summed E-state index contributed by atoms with van der Waals surface area (Å²) in [6.45, 7) is -0.0213. The fourth-order valence-electron chi connectivity index (χ4n) is 7.31. The molecule has 3 aromatic rings. The van der Waals surface area contributed by atoms with Crippen LogP contribution in [0.1, 0.15) is 39.9 Å². The molecule has 2 aliphatic heterocycles. The van der Waals surface area contributed by atoms with Gasteiger partial charge in [-0.15, -0.1) is 0 Å². The molecule has 0 fully saturated rings. The van der Waals surface area contributed by atoms with Crippen LogP contribution in [0.2, 0.25) is 0 Å². The molecule has 0 radical (unpaired) electrons. The van der Waals surface area contributed by atoms with Gasteiger partial charge >= 0.3 is 5.97 Å². The minimum Gasteiger partial charge on any atom is -0.493 e. The predicted octanol–water partition coefficient (Wildman–Crippen LogP) is 5.02. The van der Waals surface area contributed by atoms with E-state index >= 15 is 0 Å². The largest absolute Gasteiger partial charge is 0.493 e. The van der Waals surface area contributed by atoms with Crippen LogP contribution in [0.25, 0.3) is 6.08 Å². The first-order valence-electron chi connectivity index (χ1n) is 16.1. The lowest BCUT2D eigenvalue weighted by Gasteiger charge is -2.48. The Labute approximate surface area is 293 Å². The second kappa shape index (κ2) is 15.6. The smallest absolute Gasteiger partial charge is 0.330 e. The summed E-state index contributed by atoms with van der Waals surface area (Å²) in [6, 6.07) is 12.6. The lowest BCUT2D eigenvalue weighted by Crippen LogP contribution is -2.54. The maximum Gasteiger partial charge on any atom is 0.330 e. The van der Waals surface area contributed by atoms with E-state index in [-0.39, 0.29) is 18.7 Å². The number of likely N-dealkylation sites (N-methyl/N-ethyl adjacent to an activating group) is 1. The van der Waals surface area contributed by atoms with Crippen LogP contribution in [0.3, 0.4) is 0 Å². The minimum absolute atomic E-state index is 0.0213. The molecule has 2 aliphatic rings. The Morgan fingerprint density at radius 2 is 1.34 bits per heavy atom. The Bertz CT molecular complexity index is 1780. The van der Waals surface area contributed by atoms with Gasteiger partial charge in [-0.05, 0) is 85.2 Å². The van der Waals surface area contributed by atoms with Crippen LogP contribution in [0, 0.1) is 11.3 Å². The Morgan fingerprint density at radius 3 is 1.88 bits per heavy atom. The molecule has 266 valence electrons. The molecule has 2 unspecified atom stereocenters. The molecule has 0 amide bonds. The van der Waals surface area contributed by atoms with Gasteiger partial charge < -0.3 is 42.8 Å². The number of esters is 1. The second-order valence-electron chi connectivity index (χ2n) is 12.2. The molecule has 5 rings (SSSR count). The zero-order chi connectivity index (χ0) is 36.1. The first-order chi connectivity index (χ1) is 24.2. The molecular formula is C38H45N3O9. The molecule has 2 heterocycles. The minimum atomic E-state index is -0.559. The van der Waals surface area contributed by atoms with Crippen LogP contribution >= 0.6 is 0 Å². The van der Waals surface area contributed by atoms with Gasteiger partial charge in [-0.25, -0.2) is 4.79 Å². The zero-order valence-electron chi connectivity index (χ0n) is 30.1. The maximum atomic E-state index is 13.4. The lowest BCUT2D eigenvalue weighted by atomic mass is 9.82. The number of hydrogen-bond donors (Lipinski definition) is 0. The van der Waals surface area contributed by atoms with E-state index < -0.39 is 18.1 Å². The highest BCUT2D eigenvalue weighted by atomic mass is 16.5. The molecule has 0 saturated carbocycles. The summed E-state index contributed by atoms with van der Waals surface area (Å²) in [5, 5.41) is 10.7. The maximum absolute atomic E-state index is 13.4. The van der Waals surface area contributed by atoms with Crippen LogP contribution in [0.15, 0.2) is 42.5 Å². The number of carbonyl (C=O) groups is 1. The van der Waals surface area contributed by atoms with Crippen molar-refractivity contribution in [2.45, 2.75) is 37.0 Å². The number of hydrogen-bond acceptors (Lipinski definition) is 12. The van der Waals surface area contributed by atoms with Crippen molar-refractivity contribution in [1.29, 1.82) is 5.26 Å². The summed E-state index contributed by atoms with van der Waals surface area (Å²) >= 11 is 0. The summed E-state index contributed by atoms with van der Waals surface area (Å²) in [5.41, 5.74) is 4.56. The molecule has 0 spiro atoms. The molecule has 0 saturated heterocycles. The topological polar surface area (TPSA) is 121 Å². The zero-order valence-corrected chi connectivity index (χ0v) is 30.1. The summed E-state index contributed by atoms with van der Waals surface area (Å²) in [7, 11) is 15.1.